The number of nitrogens with one attached hydrogen (secondary N) is 1. The van der Waals surface area contributed by atoms with E-state index in [0.29, 0.717) is 19.4 Å². The molecule has 3 aromatic carbocycles. The third-order valence-electron chi connectivity index (χ3n) is 9.62. The van der Waals surface area contributed by atoms with Gasteiger partial charge in [-0.3, -0.25) is 19.7 Å². The van der Waals surface area contributed by atoms with Gasteiger partial charge in [0.1, 0.15) is 18.4 Å². The van der Waals surface area contributed by atoms with E-state index >= 15 is 0 Å². The predicted octanol–water partition coefficient (Wildman–Crippen LogP) is 6.67. The van der Waals surface area contributed by atoms with Crippen molar-refractivity contribution in [1.29, 1.82) is 0 Å². The van der Waals surface area contributed by atoms with E-state index < -0.39 is 18.4 Å². The number of aliphatic imine (C=N–C) groups is 2. The summed E-state index contributed by atoms with van der Waals surface area (Å²) in [6.07, 6.45) is 4.04. The van der Waals surface area contributed by atoms with Crippen LogP contribution in [0.15, 0.2) is 101 Å². The maximum absolute atomic E-state index is 14.8. The fourth-order valence-corrected chi connectivity index (χ4v) is 7.16. The Kier molecular flexibility index (Phi) is 8.49. The third-order valence-corrected chi connectivity index (χ3v) is 9.62. The van der Waals surface area contributed by atoms with Gasteiger partial charge in [-0.25, -0.2) is 8.78 Å². The number of amides is 1. The number of nitrogens with zero attached hydrogens (tertiary/aromatic N) is 4. The minimum absolute atomic E-state index is 0.0354. The first-order valence-electron chi connectivity index (χ1n) is 16.1. The quantitative estimate of drug-likeness (QED) is 0.307. The van der Waals surface area contributed by atoms with E-state index in [1.54, 1.807) is 4.90 Å². The van der Waals surface area contributed by atoms with Crippen molar-refractivity contribution in [3.63, 3.8) is 0 Å². The highest BCUT2D eigenvalue weighted by atomic mass is 19.1. The Morgan fingerprint density at radius 2 is 1.35 bits per heavy atom. The monoisotopic (exact) mass is 619 g/mol. The van der Waals surface area contributed by atoms with E-state index in [-0.39, 0.29) is 31.0 Å². The number of benzene rings is 3. The Morgan fingerprint density at radius 3 is 1.91 bits per heavy atom. The van der Waals surface area contributed by atoms with E-state index in [1.807, 2.05) is 61.7 Å². The second kappa shape index (κ2) is 12.9. The molecule has 5 atom stereocenters. The zero-order valence-electron chi connectivity index (χ0n) is 26.2. The van der Waals surface area contributed by atoms with Crippen LogP contribution in [0.3, 0.4) is 0 Å². The number of carbonyl (C=O) groups excluding carboxylic acids is 1. The molecule has 0 saturated carbocycles. The van der Waals surface area contributed by atoms with Crippen LogP contribution in [0, 0.1) is 0 Å². The van der Waals surface area contributed by atoms with Crippen LogP contribution < -0.4 is 5.32 Å². The Bertz CT molecular complexity index is 1710. The minimum atomic E-state index is -1.07. The number of likely N-dealkylation sites (tertiary alicyclic amines) is 1. The molecule has 4 heterocycles. The molecule has 0 radical (unpaired) electrons. The molecule has 1 unspecified atom stereocenters. The molecular weight excluding hydrogens is 580 g/mol. The molecule has 7 rings (SSSR count). The SMILES string of the molecule is CN(C)C(C(=O)N1C[C@@H](F)C[C@H]1C1=NC=C(c2ccc(-c3ccc(C4=CN=C([C@@H]5C[C@H](F)CN5)C4)cc3)cc2)C1)c1ccccc1. The second-order valence-corrected chi connectivity index (χ2v) is 13.0. The van der Waals surface area contributed by atoms with Gasteiger partial charge in [0, 0.05) is 62.1 Å². The normalized spacial score (nSPS) is 25.0. The van der Waals surface area contributed by atoms with Gasteiger partial charge in [-0.1, -0.05) is 78.9 Å². The highest BCUT2D eigenvalue weighted by molar-refractivity contribution is 6.04. The summed E-state index contributed by atoms with van der Waals surface area (Å²) in [6.45, 7) is 0.496. The summed E-state index contributed by atoms with van der Waals surface area (Å²) in [6, 6.07) is 25.8. The van der Waals surface area contributed by atoms with Crippen LogP contribution in [0.5, 0.6) is 0 Å². The predicted molar refractivity (Wildman–Crippen MR) is 181 cm³/mol. The van der Waals surface area contributed by atoms with Gasteiger partial charge < -0.3 is 10.2 Å². The van der Waals surface area contributed by atoms with Gasteiger partial charge >= 0.3 is 0 Å². The molecule has 236 valence electrons. The third kappa shape index (κ3) is 6.11. The molecule has 2 fully saturated rings. The molecule has 1 N–H and O–H groups in total. The molecule has 46 heavy (non-hydrogen) atoms. The van der Waals surface area contributed by atoms with Crippen molar-refractivity contribution in [3.8, 4) is 11.1 Å². The number of alkyl halides is 2. The molecule has 0 spiro atoms. The molecule has 1 amide bonds. The smallest absolute Gasteiger partial charge is 0.245 e. The zero-order chi connectivity index (χ0) is 31.8. The van der Waals surface area contributed by atoms with Crippen LogP contribution in [0.25, 0.3) is 22.3 Å². The summed E-state index contributed by atoms with van der Waals surface area (Å²) in [5.41, 5.74) is 9.41. The number of hydrogen-bond acceptors (Lipinski definition) is 5. The summed E-state index contributed by atoms with van der Waals surface area (Å²) in [5, 5.41) is 3.23. The first-order valence-corrected chi connectivity index (χ1v) is 16.1. The summed E-state index contributed by atoms with van der Waals surface area (Å²) < 4.78 is 28.5. The van der Waals surface area contributed by atoms with Crippen LogP contribution in [0.2, 0.25) is 0 Å². The lowest BCUT2D eigenvalue weighted by Crippen LogP contribution is -2.45. The van der Waals surface area contributed by atoms with Crippen molar-refractivity contribution in [2.24, 2.45) is 9.98 Å². The van der Waals surface area contributed by atoms with E-state index in [4.69, 9.17) is 4.99 Å². The Morgan fingerprint density at radius 1 is 0.783 bits per heavy atom. The highest BCUT2D eigenvalue weighted by Crippen LogP contribution is 2.35. The average Bonchev–Trinajstić information content (AvgIpc) is 3.89. The van der Waals surface area contributed by atoms with Crippen LogP contribution in [0.1, 0.15) is 48.4 Å². The number of likely N-dealkylation sites (N-methyl/N-ethyl adjacent to an activating group) is 1. The van der Waals surface area contributed by atoms with Gasteiger partial charge in [-0.05, 0) is 53.1 Å². The first-order chi connectivity index (χ1) is 22.3. The number of carbonyl (C=O) groups is 1. The van der Waals surface area contributed by atoms with Gasteiger partial charge in [-0.15, -0.1) is 0 Å². The fourth-order valence-electron chi connectivity index (χ4n) is 7.16. The lowest BCUT2D eigenvalue weighted by atomic mass is 9.94. The second-order valence-electron chi connectivity index (χ2n) is 13.0. The maximum Gasteiger partial charge on any atom is 0.245 e. The van der Waals surface area contributed by atoms with Gasteiger partial charge in [-0.2, -0.15) is 0 Å². The molecule has 4 aliphatic rings. The highest BCUT2D eigenvalue weighted by Gasteiger charge is 2.42. The molecular formula is C38H39F2N5O. The summed E-state index contributed by atoms with van der Waals surface area (Å²) in [5.74, 6) is -0.0918. The Balaban J connectivity index is 0.984. The summed E-state index contributed by atoms with van der Waals surface area (Å²) >= 11 is 0. The summed E-state index contributed by atoms with van der Waals surface area (Å²) in [7, 11) is 3.77. The van der Waals surface area contributed by atoms with Crippen molar-refractivity contribution >= 4 is 28.5 Å². The van der Waals surface area contributed by atoms with Crippen molar-refractivity contribution < 1.29 is 13.6 Å². The minimum Gasteiger partial charge on any atom is -0.330 e. The van der Waals surface area contributed by atoms with Gasteiger partial charge in [0.25, 0.3) is 0 Å². The molecule has 3 aromatic rings. The van der Waals surface area contributed by atoms with Crippen LogP contribution >= 0.6 is 0 Å². The van der Waals surface area contributed by atoms with E-state index in [1.165, 1.54) is 0 Å². The van der Waals surface area contributed by atoms with Gasteiger partial charge in [0.15, 0.2) is 0 Å². The molecule has 0 bridgehead atoms. The lowest BCUT2D eigenvalue weighted by molar-refractivity contribution is -0.136. The topological polar surface area (TPSA) is 60.3 Å². The number of allylic oxidation sites excluding steroid dienone is 2. The zero-order valence-corrected chi connectivity index (χ0v) is 26.2. The average molecular weight is 620 g/mol. The maximum atomic E-state index is 14.8. The van der Waals surface area contributed by atoms with Gasteiger partial charge in [0.2, 0.25) is 5.91 Å². The molecule has 2 saturated heterocycles. The van der Waals surface area contributed by atoms with Crippen molar-refractivity contribution in [2.45, 2.75) is 56.2 Å². The number of hydrogen-bond donors (Lipinski definition) is 1. The number of halogens is 2. The summed E-state index contributed by atoms with van der Waals surface area (Å²) in [4.78, 5) is 26.7. The van der Waals surface area contributed by atoms with Crippen LogP contribution in [0.4, 0.5) is 8.78 Å². The molecule has 0 aromatic heterocycles. The van der Waals surface area contributed by atoms with E-state index in [9.17, 15) is 13.6 Å². The van der Waals surface area contributed by atoms with Crippen molar-refractivity contribution in [3.05, 3.63) is 108 Å². The molecule has 0 aliphatic carbocycles. The van der Waals surface area contributed by atoms with Crippen LogP contribution in [-0.4, -0.2) is 78.7 Å². The Labute approximate surface area is 269 Å². The van der Waals surface area contributed by atoms with Crippen molar-refractivity contribution in [2.75, 3.05) is 27.2 Å². The first kappa shape index (κ1) is 30.4. The fraction of sp³-hybridized carbons (Fsp3) is 0.342. The van der Waals surface area contributed by atoms with E-state index in [2.05, 4.69) is 58.8 Å². The molecule has 4 aliphatic heterocycles. The molecule has 6 nitrogen and oxygen atoms in total. The molecule has 8 heteroatoms. The Hall–Kier alpha value is -4.27. The number of rotatable bonds is 8. The largest absolute Gasteiger partial charge is 0.330 e. The van der Waals surface area contributed by atoms with E-state index in [0.717, 1.165) is 56.8 Å². The van der Waals surface area contributed by atoms with Crippen molar-refractivity contribution in [1.82, 2.24) is 15.1 Å². The van der Waals surface area contributed by atoms with Gasteiger partial charge in [0.05, 0.1) is 12.6 Å². The van der Waals surface area contributed by atoms with Crippen LogP contribution in [-0.2, 0) is 4.79 Å². The lowest BCUT2D eigenvalue weighted by Gasteiger charge is -2.32. The standard InChI is InChI=1S/C38H39F2N5O/c1-44(2)37(28-6-4-3-5-7-28)38(46)45-23-32(40)19-36(45)35-17-30(21-42-35)27-14-10-25(11-15-27)24-8-12-26(13-9-24)29-16-33(41-20-29)34-18-31(39)22-43-34/h3-15,20-21,31-32,34,36-37,43H,16-19,22-23H2,1-2H3/t31-,32-,34-,36-,37?/m0/s1.